The molecular formula is C27H36Na2O6S2. The van der Waals surface area contributed by atoms with Crippen molar-refractivity contribution in [2.24, 2.45) is 0 Å². The van der Waals surface area contributed by atoms with Gasteiger partial charge in [-0.15, -0.1) is 0 Å². The summed E-state index contributed by atoms with van der Waals surface area (Å²) in [6.07, 6.45) is 2.46. The van der Waals surface area contributed by atoms with Crippen LogP contribution in [0.4, 0.5) is 0 Å². The van der Waals surface area contributed by atoms with Gasteiger partial charge in [-0.3, -0.25) is 0 Å². The zero-order chi connectivity index (χ0) is 27.3. The van der Waals surface area contributed by atoms with Crippen LogP contribution >= 0.6 is 0 Å². The topological polar surface area (TPSA) is 114 Å². The van der Waals surface area contributed by atoms with Crippen molar-refractivity contribution < 1.29 is 85.1 Å². The molecule has 0 aliphatic rings. The van der Waals surface area contributed by atoms with Gasteiger partial charge in [0.25, 0.3) is 0 Å². The molecule has 4 aromatic carbocycles. The van der Waals surface area contributed by atoms with Gasteiger partial charge in [-0.05, 0) is 21.5 Å². The summed E-state index contributed by atoms with van der Waals surface area (Å²) in [5.41, 5.74) is 0. The maximum atomic E-state index is 9.08. The van der Waals surface area contributed by atoms with E-state index in [2.05, 4.69) is 111 Å². The van der Waals surface area contributed by atoms with Gasteiger partial charge in [-0.2, -0.15) is 0 Å². The molecule has 0 aromatic heterocycles. The van der Waals surface area contributed by atoms with Crippen LogP contribution < -0.4 is 59.1 Å². The van der Waals surface area contributed by atoms with Gasteiger partial charge < -0.3 is 9.11 Å². The summed E-state index contributed by atoms with van der Waals surface area (Å²) in [6.45, 7) is 8.25. The molecule has 0 N–H and O–H groups in total. The number of hydrogen-bond acceptors (Lipinski definition) is 6. The van der Waals surface area contributed by atoms with Crippen molar-refractivity contribution in [3.8, 4) is 0 Å². The molecule has 10 heteroatoms. The molecule has 0 aliphatic heterocycles. The molecule has 0 fully saturated rings. The van der Waals surface area contributed by atoms with Gasteiger partial charge in [0.05, 0.1) is 20.2 Å². The first kappa shape index (κ1) is 43.3. The molecule has 0 saturated heterocycles. The zero-order valence-corrected chi connectivity index (χ0v) is 28.8. The summed E-state index contributed by atoms with van der Waals surface area (Å²) in [7, 11) is -7.83. The molecule has 37 heavy (non-hydrogen) atoms. The SMILES string of the molecule is CC.CCC.CS(=O)(=O)[O-].CS(=O)(=O)[O-].[Na+].[Na+].c1ccc2ccccc2c1.c1ccc2ccccc2c1. The third-order valence-electron chi connectivity index (χ3n) is 3.32. The van der Waals surface area contributed by atoms with Crippen molar-refractivity contribution in [2.75, 3.05) is 12.5 Å². The molecule has 0 bridgehead atoms. The summed E-state index contributed by atoms with van der Waals surface area (Å²) in [6, 6.07) is 33.4. The first-order chi connectivity index (χ1) is 16.3. The maximum Gasteiger partial charge on any atom is 1.00 e. The van der Waals surface area contributed by atoms with Crippen molar-refractivity contribution in [1.29, 1.82) is 0 Å². The predicted molar refractivity (Wildman–Crippen MR) is 146 cm³/mol. The molecule has 0 aliphatic carbocycles. The van der Waals surface area contributed by atoms with Crippen LogP contribution in [-0.4, -0.2) is 38.5 Å². The van der Waals surface area contributed by atoms with E-state index in [4.69, 9.17) is 25.9 Å². The molecule has 0 amide bonds. The van der Waals surface area contributed by atoms with Gasteiger partial charge in [-0.25, -0.2) is 16.8 Å². The van der Waals surface area contributed by atoms with E-state index in [0.717, 1.165) is 0 Å². The molecule has 0 unspecified atom stereocenters. The molecule has 4 aromatic rings. The van der Waals surface area contributed by atoms with Gasteiger partial charge in [0.15, 0.2) is 0 Å². The summed E-state index contributed by atoms with van der Waals surface area (Å²) in [5.74, 6) is 0. The van der Waals surface area contributed by atoms with Crippen molar-refractivity contribution in [1.82, 2.24) is 0 Å². The summed E-state index contributed by atoms with van der Waals surface area (Å²) in [4.78, 5) is 0. The zero-order valence-electron chi connectivity index (χ0n) is 23.2. The van der Waals surface area contributed by atoms with Gasteiger partial charge in [0, 0.05) is 12.5 Å². The first-order valence-corrected chi connectivity index (χ1v) is 14.7. The summed E-state index contributed by atoms with van der Waals surface area (Å²) >= 11 is 0. The molecular weight excluding hydrogens is 530 g/mol. The summed E-state index contributed by atoms with van der Waals surface area (Å²) in [5, 5.41) is 5.24. The Hall–Kier alpha value is -0.780. The average Bonchev–Trinajstić information content (AvgIpc) is 2.79. The van der Waals surface area contributed by atoms with E-state index in [1.165, 1.54) is 28.0 Å². The van der Waals surface area contributed by atoms with Crippen LogP contribution in [0.5, 0.6) is 0 Å². The minimum Gasteiger partial charge on any atom is -0.748 e. The van der Waals surface area contributed by atoms with Gasteiger partial charge in [-0.1, -0.05) is 131 Å². The monoisotopic (exact) mass is 566 g/mol. The second-order valence-electron chi connectivity index (χ2n) is 6.81. The van der Waals surface area contributed by atoms with E-state index in [-0.39, 0.29) is 59.1 Å². The Morgan fingerprint density at radius 2 is 0.568 bits per heavy atom. The number of rotatable bonds is 0. The van der Waals surface area contributed by atoms with Crippen molar-refractivity contribution in [2.45, 2.75) is 34.1 Å². The number of fused-ring (bicyclic) bond motifs is 2. The van der Waals surface area contributed by atoms with Crippen LogP contribution in [0.25, 0.3) is 21.5 Å². The third kappa shape index (κ3) is 31.3. The van der Waals surface area contributed by atoms with E-state index in [9.17, 15) is 0 Å². The Morgan fingerprint density at radius 3 is 0.649 bits per heavy atom. The Labute approximate surface area is 268 Å². The molecule has 0 heterocycles. The Kier molecular flexibility index (Phi) is 29.8. The number of hydrogen-bond donors (Lipinski definition) is 0. The van der Waals surface area contributed by atoms with Crippen LogP contribution in [0.2, 0.25) is 0 Å². The Bertz CT molecular complexity index is 1050. The van der Waals surface area contributed by atoms with Crippen molar-refractivity contribution in [3.05, 3.63) is 97.1 Å². The molecule has 4 rings (SSSR count). The fourth-order valence-electron chi connectivity index (χ4n) is 2.27. The normalized spacial score (nSPS) is 9.19. The smallest absolute Gasteiger partial charge is 0.748 e. The van der Waals surface area contributed by atoms with Crippen LogP contribution in [-0.2, 0) is 20.2 Å². The minimum absolute atomic E-state index is 0. The van der Waals surface area contributed by atoms with Crippen LogP contribution in [0.1, 0.15) is 34.1 Å². The summed E-state index contributed by atoms with van der Waals surface area (Å²) < 4.78 is 54.5. The van der Waals surface area contributed by atoms with Crippen molar-refractivity contribution >= 4 is 41.8 Å². The first-order valence-electron chi connectivity index (χ1n) is 11.0. The predicted octanol–water partition coefficient (Wildman–Crippen LogP) is 0.453. The van der Waals surface area contributed by atoms with Gasteiger partial charge in [0.2, 0.25) is 0 Å². The maximum absolute atomic E-state index is 9.08. The molecule has 194 valence electrons. The largest absolute Gasteiger partial charge is 1.00 e. The van der Waals surface area contributed by atoms with Crippen LogP contribution in [0, 0.1) is 0 Å². The standard InChI is InChI=1S/2C10H8.C3H8.C2H6.2CH4O3S.2Na/c2*1-2-6-10-8-4-3-7-9(10)5-1;1-3-2;1-2;2*1-5(2,3)4;;/h2*1-8H;3H2,1-2H3;1-2H3;2*1H3,(H,2,3,4);;/q;;;;;;2*+1/p-2. The van der Waals surface area contributed by atoms with Crippen molar-refractivity contribution in [3.63, 3.8) is 0 Å². The molecule has 0 saturated carbocycles. The van der Waals surface area contributed by atoms with E-state index in [1.807, 2.05) is 13.8 Å². The van der Waals surface area contributed by atoms with Crippen LogP contribution in [0.15, 0.2) is 97.1 Å². The average molecular weight is 567 g/mol. The molecule has 0 radical (unpaired) electrons. The van der Waals surface area contributed by atoms with E-state index in [0.29, 0.717) is 12.5 Å². The van der Waals surface area contributed by atoms with E-state index >= 15 is 0 Å². The van der Waals surface area contributed by atoms with E-state index in [1.54, 1.807) is 0 Å². The Morgan fingerprint density at radius 1 is 0.486 bits per heavy atom. The molecule has 6 nitrogen and oxygen atoms in total. The minimum atomic E-state index is -3.92. The van der Waals surface area contributed by atoms with E-state index < -0.39 is 20.2 Å². The molecule has 0 spiro atoms. The fraction of sp³-hybridized carbons (Fsp3) is 0.259. The third-order valence-corrected chi connectivity index (χ3v) is 3.32. The Balaban J connectivity index is -0.000000190. The molecule has 0 atom stereocenters. The second-order valence-corrected chi connectivity index (χ2v) is 9.63. The quantitative estimate of drug-likeness (QED) is 0.226. The second kappa shape index (κ2) is 25.5. The van der Waals surface area contributed by atoms with Crippen LogP contribution in [0.3, 0.4) is 0 Å². The van der Waals surface area contributed by atoms with Gasteiger partial charge in [0.1, 0.15) is 0 Å². The van der Waals surface area contributed by atoms with Gasteiger partial charge >= 0.3 is 59.1 Å². The fourth-order valence-corrected chi connectivity index (χ4v) is 2.27. The number of benzene rings is 4.